The second-order valence-electron chi connectivity index (χ2n) is 9.73. The molecule has 0 aromatic carbocycles. The standard InChI is InChI=1S/C28H56O5.Na/c1-3-5-7-9-11-13-15-17-19-21-26(29)23-33-27(24-32-25-28(30)31)22-20-18-16-14-12-10-8-6-4-2;/h26-27,29H,3-25H2,1-2H3,(H,30,31);/q;+1/p-1. The van der Waals surface area contributed by atoms with E-state index in [1.165, 1.54) is 96.3 Å². The minimum atomic E-state index is -1.21. The van der Waals surface area contributed by atoms with Crippen LogP contribution < -0.4 is 34.7 Å². The molecule has 2 atom stereocenters. The summed E-state index contributed by atoms with van der Waals surface area (Å²) in [7, 11) is 0. The summed E-state index contributed by atoms with van der Waals surface area (Å²) in [5, 5.41) is 20.9. The van der Waals surface area contributed by atoms with Crippen molar-refractivity contribution in [1.29, 1.82) is 0 Å². The number of aliphatic hydroxyl groups is 1. The van der Waals surface area contributed by atoms with Gasteiger partial charge >= 0.3 is 29.6 Å². The zero-order valence-corrected chi connectivity index (χ0v) is 25.0. The number of carbonyl (C=O) groups is 1. The molecular formula is C28H55NaO5. The van der Waals surface area contributed by atoms with Gasteiger partial charge in [0.1, 0.15) is 0 Å². The Kier molecular flexibility index (Phi) is 31.8. The molecule has 0 aromatic rings. The summed E-state index contributed by atoms with van der Waals surface area (Å²) in [6.45, 7) is 4.63. The number of rotatable bonds is 27. The van der Waals surface area contributed by atoms with E-state index in [1.54, 1.807) is 0 Å². The average Bonchev–Trinajstić information content (AvgIpc) is 2.79. The van der Waals surface area contributed by atoms with Crippen molar-refractivity contribution in [1.82, 2.24) is 0 Å². The summed E-state index contributed by atoms with van der Waals surface area (Å²) in [5.41, 5.74) is 0. The third kappa shape index (κ3) is 28.6. The Morgan fingerprint density at radius 2 is 1.09 bits per heavy atom. The first-order valence-electron chi connectivity index (χ1n) is 14.2. The van der Waals surface area contributed by atoms with Crippen molar-refractivity contribution >= 4 is 5.97 Å². The molecular weight excluding hydrogens is 439 g/mol. The van der Waals surface area contributed by atoms with E-state index in [4.69, 9.17) is 9.47 Å². The van der Waals surface area contributed by atoms with E-state index in [0.29, 0.717) is 6.61 Å². The van der Waals surface area contributed by atoms with Crippen LogP contribution in [-0.4, -0.2) is 43.1 Å². The third-order valence-corrected chi connectivity index (χ3v) is 6.32. The maximum atomic E-state index is 10.6. The van der Waals surface area contributed by atoms with E-state index in [0.717, 1.165) is 32.1 Å². The Hall–Kier alpha value is 0.350. The van der Waals surface area contributed by atoms with Gasteiger partial charge in [-0.15, -0.1) is 0 Å². The third-order valence-electron chi connectivity index (χ3n) is 6.32. The van der Waals surface area contributed by atoms with Gasteiger partial charge in [-0.2, -0.15) is 0 Å². The number of carboxylic acids is 1. The van der Waals surface area contributed by atoms with Crippen molar-refractivity contribution in [2.45, 2.75) is 154 Å². The smallest absolute Gasteiger partial charge is 0.548 e. The largest absolute Gasteiger partial charge is 1.00 e. The van der Waals surface area contributed by atoms with Crippen LogP contribution in [0.1, 0.15) is 142 Å². The number of aliphatic carboxylic acids is 1. The van der Waals surface area contributed by atoms with E-state index in [9.17, 15) is 15.0 Å². The van der Waals surface area contributed by atoms with Crippen LogP contribution in [0.3, 0.4) is 0 Å². The zero-order chi connectivity index (χ0) is 24.4. The molecule has 198 valence electrons. The minimum absolute atomic E-state index is 0. The predicted molar refractivity (Wildman–Crippen MR) is 135 cm³/mol. The van der Waals surface area contributed by atoms with Gasteiger partial charge in [-0.3, -0.25) is 0 Å². The van der Waals surface area contributed by atoms with Gasteiger partial charge in [0.2, 0.25) is 0 Å². The van der Waals surface area contributed by atoms with Gasteiger partial charge in [0.25, 0.3) is 0 Å². The minimum Gasteiger partial charge on any atom is -0.548 e. The number of hydrogen-bond donors (Lipinski definition) is 1. The second-order valence-corrected chi connectivity index (χ2v) is 9.73. The van der Waals surface area contributed by atoms with E-state index in [-0.39, 0.29) is 42.3 Å². The molecule has 0 fully saturated rings. The Labute approximate surface area is 233 Å². The first-order chi connectivity index (χ1) is 16.1. The van der Waals surface area contributed by atoms with Gasteiger partial charge < -0.3 is 24.5 Å². The van der Waals surface area contributed by atoms with Gasteiger partial charge in [-0.25, -0.2) is 0 Å². The molecule has 6 heteroatoms. The first kappa shape index (κ1) is 36.5. The van der Waals surface area contributed by atoms with E-state index in [2.05, 4.69) is 13.8 Å². The summed E-state index contributed by atoms with van der Waals surface area (Å²) >= 11 is 0. The molecule has 0 heterocycles. The monoisotopic (exact) mass is 494 g/mol. The fraction of sp³-hybridized carbons (Fsp3) is 0.964. The number of aliphatic hydroxyl groups excluding tert-OH is 1. The predicted octanol–water partition coefficient (Wildman–Crippen LogP) is 3.34. The van der Waals surface area contributed by atoms with Crippen LogP contribution in [0.2, 0.25) is 0 Å². The van der Waals surface area contributed by atoms with Gasteiger partial charge in [0, 0.05) is 0 Å². The first-order valence-corrected chi connectivity index (χ1v) is 14.2. The number of carbonyl (C=O) groups excluding carboxylic acids is 1. The average molecular weight is 495 g/mol. The molecule has 0 bridgehead atoms. The van der Waals surface area contributed by atoms with Crippen LogP contribution in [0.4, 0.5) is 0 Å². The van der Waals surface area contributed by atoms with Gasteiger partial charge in [0.15, 0.2) is 0 Å². The summed E-state index contributed by atoms with van der Waals surface area (Å²) in [4.78, 5) is 10.6. The Morgan fingerprint density at radius 3 is 1.53 bits per heavy atom. The molecule has 0 amide bonds. The number of unbranched alkanes of at least 4 members (excludes halogenated alkanes) is 16. The summed E-state index contributed by atoms with van der Waals surface area (Å²) < 4.78 is 11.1. The molecule has 1 N–H and O–H groups in total. The molecule has 2 unspecified atom stereocenters. The number of carboxylic acid groups (broad SMARTS) is 1. The Balaban J connectivity index is 0. The molecule has 0 radical (unpaired) electrons. The van der Waals surface area contributed by atoms with E-state index in [1.807, 2.05) is 0 Å². The molecule has 5 nitrogen and oxygen atoms in total. The molecule has 0 aliphatic carbocycles. The fourth-order valence-electron chi connectivity index (χ4n) is 4.19. The van der Waals surface area contributed by atoms with Gasteiger partial charge in [-0.1, -0.05) is 129 Å². The van der Waals surface area contributed by atoms with Crippen molar-refractivity contribution in [2.24, 2.45) is 0 Å². The van der Waals surface area contributed by atoms with Gasteiger partial charge in [-0.05, 0) is 12.8 Å². The van der Waals surface area contributed by atoms with Crippen LogP contribution in [0.5, 0.6) is 0 Å². The Morgan fingerprint density at radius 1 is 0.676 bits per heavy atom. The second kappa shape index (κ2) is 29.6. The SMILES string of the molecule is CCCCCCCCCCCC(O)COC(CCCCCCCCCCC)COCC(=O)[O-].[Na+]. The molecule has 0 saturated heterocycles. The fourth-order valence-corrected chi connectivity index (χ4v) is 4.19. The molecule has 0 spiro atoms. The van der Waals surface area contributed by atoms with Crippen LogP contribution in [0.25, 0.3) is 0 Å². The van der Waals surface area contributed by atoms with Crippen molar-refractivity contribution in [2.75, 3.05) is 19.8 Å². The maximum Gasteiger partial charge on any atom is 1.00 e. The molecule has 0 rings (SSSR count). The molecule has 0 aromatic heterocycles. The topological polar surface area (TPSA) is 78.8 Å². The maximum absolute atomic E-state index is 10.6. The van der Waals surface area contributed by atoms with Crippen molar-refractivity contribution in [3.05, 3.63) is 0 Å². The summed E-state index contributed by atoms with van der Waals surface area (Å²) in [5.74, 6) is -1.21. The van der Waals surface area contributed by atoms with Crippen LogP contribution in [0.15, 0.2) is 0 Å². The van der Waals surface area contributed by atoms with Gasteiger partial charge in [0.05, 0.1) is 38.0 Å². The summed E-state index contributed by atoms with van der Waals surface area (Å²) in [6.07, 6.45) is 23.8. The Bertz CT molecular complexity index is 408. The van der Waals surface area contributed by atoms with Crippen LogP contribution in [-0.2, 0) is 14.3 Å². The van der Waals surface area contributed by atoms with Crippen LogP contribution >= 0.6 is 0 Å². The number of ether oxygens (including phenoxy) is 2. The van der Waals surface area contributed by atoms with Crippen LogP contribution in [0, 0.1) is 0 Å². The van der Waals surface area contributed by atoms with Crippen molar-refractivity contribution in [3.63, 3.8) is 0 Å². The normalized spacial score (nSPS) is 12.9. The van der Waals surface area contributed by atoms with Crippen molar-refractivity contribution in [3.8, 4) is 0 Å². The summed E-state index contributed by atoms with van der Waals surface area (Å²) in [6, 6.07) is 0. The molecule has 34 heavy (non-hydrogen) atoms. The van der Waals surface area contributed by atoms with E-state index < -0.39 is 18.7 Å². The quantitative estimate of drug-likeness (QED) is 0.140. The molecule has 0 aliphatic heterocycles. The molecule has 0 saturated carbocycles. The van der Waals surface area contributed by atoms with E-state index >= 15 is 0 Å². The number of hydrogen-bond acceptors (Lipinski definition) is 5. The van der Waals surface area contributed by atoms with Crippen molar-refractivity contribution < 1.29 is 54.0 Å². The molecule has 0 aliphatic rings. The zero-order valence-electron chi connectivity index (χ0n) is 23.0.